The molecule has 0 unspecified atom stereocenters. The van der Waals surface area contributed by atoms with Gasteiger partial charge in [-0.25, -0.2) is 14.1 Å². The molecule has 2 heterocycles. The molecule has 0 aliphatic carbocycles. The number of nitrogens with zero attached hydrogens (tertiary/aromatic N) is 3. The third-order valence-electron chi connectivity index (χ3n) is 6.07. The number of halogens is 1. The monoisotopic (exact) mass is 516 g/mol. The Morgan fingerprint density at radius 1 is 1.08 bits per heavy atom. The molecule has 0 bridgehead atoms. The van der Waals surface area contributed by atoms with Crippen molar-refractivity contribution >= 4 is 28.1 Å². The fourth-order valence-electron chi connectivity index (χ4n) is 4.17. The van der Waals surface area contributed by atoms with E-state index in [0.717, 1.165) is 27.0 Å². The smallest absolute Gasteiger partial charge is 0.271 e. The van der Waals surface area contributed by atoms with Crippen molar-refractivity contribution in [3.63, 3.8) is 0 Å². The Labute approximate surface area is 217 Å². The lowest BCUT2D eigenvalue weighted by atomic mass is 10.0. The van der Waals surface area contributed by atoms with Gasteiger partial charge < -0.3 is 14.8 Å². The average Bonchev–Trinajstić information content (AvgIpc) is 3.53. The SMILES string of the molecule is COc1cccc([C@H](Oc2ccc3c(cnn3-c3ccc(F)cc3)c2)[C@H](C)NC(=O)c2ncsc2C)c1. The number of hydrogen-bond acceptors (Lipinski definition) is 6. The predicted octanol–water partition coefficient (Wildman–Crippen LogP) is 5.88. The number of benzene rings is 3. The first kappa shape index (κ1) is 24.5. The van der Waals surface area contributed by atoms with Gasteiger partial charge in [0.15, 0.2) is 0 Å². The summed E-state index contributed by atoms with van der Waals surface area (Å²) in [6.07, 6.45) is 1.23. The number of aromatic nitrogens is 3. The van der Waals surface area contributed by atoms with E-state index in [1.807, 2.05) is 56.3 Å². The van der Waals surface area contributed by atoms with Gasteiger partial charge in [0.1, 0.15) is 29.1 Å². The Kier molecular flexibility index (Phi) is 6.87. The summed E-state index contributed by atoms with van der Waals surface area (Å²) in [6, 6.07) is 19.0. The zero-order valence-corrected chi connectivity index (χ0v) is 21.3. The van der Waals surface area contributed by atoms with Crippen molar-refractivity contribution < 1.29 is 18.7 Å². The Morgan fingerprint density at radius 3 is 2.62 bits per heavy atom. The average molecular weight is 517 g/mol. The quantitative estimate of drug-likeness (QED) is 0.279. The van der Waals surface area contributed by atoms with Crippen LogP contribution in [0.4, 0.5) is 4.39 Å². The second-order valence-electron chi connectivity index (χ2n) is 8.59. The van der Waals surface area contributed by atoms with E-state index in [9.17, 15) is 9.18 Å². The summed E-state index contributed by atoms with van der Waals surface area (Å²) in [5.74, 6) is 0.755. The van der Waals surface area contributed by atoms with Gasteiger partial charge >= 0.3 is 0 Å². The van der Waals surface area contributed by atoms with Crippen LogP contribution < -0.4 is 14.8 Å². The summed E-state index contributed by atoms with van der Waals surface area (Å²) in [5, 5.41) is 8.37. The molecule has 0 aliphatic heterocycles. The highest BCUT2D eigenvalue weighted by atomic mass is 32.1. The molecule has 0 radical (unpaired) electrons. The van der Waals surface area contributed by atoms with Crippen LogP contribution in [-0.4, -0.2) is 33.8 Å². The van der Waals surface area contributed by atoms with E-state index in [1.165, 1.54) is 23.5 Å². The third-order valence-corrected chi connectivity index (χ3v) is 6.83. The summed E-state index contributed by atoms with van der Waals surface area (Å²) in [4.78, 5) is 17.9. The third kappa shape index (κ3) is 5.17. The molecule has 37 heavy (non-hydrogen) atoms. The molecule has 3 aromatic carbocycles. The topological polar surface area (TPSA) is 78.3 Å². The molecule has 5 rings (SSSR count). The number of fused-ring (bicyclic) bond motifs is 1. The van der Waals surface area contributed by atoms with Crippen molar-refractivity contribution in [3.8, 4) is 17.2 Å². The molecule has 1 N–H and O–H groups in total. The first-order chi connectivity index (χ1) is 17.9. The number of carbonyl (C=O) groups excluding carboxylic acids is 1. The van der Waals surface area contributed by atoms with Gasteiger partial charge in [0, 0.05) is 10.3 Å². The van der Waals surface area contributed by atoms with E-state index < -0.39 is 12.1 Å². The Morgan fingerprint density at radius 2 is 1.89 bits per heavy atom. The van der Waals surface area contributed by atoms with E-state index in [1.54, 1.807) is 35.6 Å². The number of nitrogens with one attached hydrogen (secondary N) is 1. The van der Waals surface area contributed by atoms with Gasteiger partial charge in [0.05, 0.1) is 36.1 Å². The van der Waals surface area contributed by atoms with Crippen molar-refractivity contribution in [3.05, 3.63) is 100 Å². The first-order valence-corrected chi connectivity index (χ1v) is 12.6. The predicted molar refractivity (Wildman–Crippen MR) is 141 cm³/mol. The van der Waals surface area contributed by atoms with Crippen molar-refractivity contribution in [1.82, 2.24) is 20.1 Å². The maximum atomic E-state index is 13.4. The van der Waals surface area contributed by atoms with Gasteiger partial charge in [-0.1, -0.05) is 12.1 Å². The molecular formula is C28H25FN4O3S. The standard InChI is InChI=1S/C28H25FN4O3S/c1-17(32-28(34)26-18(2)37-16-30-26)27(19-5-4-6-23(13-19)35-3)36-24-11-12-25-20(14-24)15-31-33(25)22-9-7-21(29)8-10-22/h4-17,27H,1-3H3,(H,32,34)/t17-,27+/m0/s1. The first-order valence-electron chi connectivity index (χ1n) is 11.7. The molecule has 2 atom stereocenters. The van der Waals surface area contributed by atoms with E-state index in [0.29, 0.717) is 17.2 Å². The second-order valence-corrected chi connectivity index (χ2v) is 9.65. The lowest BCUT2D eigenvalue weighted by Gasteiger charge is -2.27. The zero-order chi connectivity index (χ0) is 25.9. The fourth-order valence-corrected chi connectivity index (χ4v) is 4.74. The lowest BCUT2D eigenvalue weighted by molar-refractivity contribution is 0.0877. The molecule has 7 nitrogen and oxygen atoms in total. The van der Waals surface area contributed by atoms with Gasteiger partial charge in [0.2, 0.25) is 0 Å². The van der Waals surface area contributed by atoms with Gasteiger partial charge in [-0.3, -0.25) is 4.79 Å². The van der Waals surface area contributed by atoms with E-state index in [4.69, 9.17) is 9.47 Å². The van der Waals surface area contributed by atoms with Crippen LogP contribution in [-0.2, 0) is 0 Å². The number of amides is 1. The van der Waals surface area contributed by atoms with E-state index in [-0.39, 0.29) is 11.7 Å². The minimum absolute atomic E-state index is 0.251. The minimum Gasteiger partial charge on any atom is -0.497 e. The number of ether oxygens (including phenoxy) is 2. The Bertz CT molecular complexity index is 1550. The summed E-state index contributed by atoms with van der Waals surface area (Å²) in [7, 11) is 1.61. The second kappa shape index (κ2) is 10.4. The number of methoxy groups -OCH3 is 1. The molecule has 9 heteroatoms. The van der Waals surface area contributed by atoms with E-state index in [2.05, 4.69) is 15.4 Å². The van der Waals surface area contributed by atoms with Crippen LogP contribution in [0, 0.1) is 12.7 Å². The molecule has 0 fully saturated rings. The van der Waals surface area contributed by atoms with Gasteiger partial charge in [-0.15, -0.1) is 11.3 Å². The molecular weight excluding hydrogens is 491 g/mol. The van der Waals surface area contributed by atoms with Crippen LogP contribution in [0.2, 0.25) is 0 Å². The number of carbonyl (C=O) groups is 1. The van der Waals surface area contributed by atoms with Crippen LogP contribution >= 0.6 is 11.3 Å². The van der Waals surface area contributed by atoms with Gasteiger partial charge in [-0.2, -0.15) is 5.10 Å². The van der Waals surface area contributed by atoms with Crippen LogP contribution in [0.15, 0.2) is 78.4 Å². The van der Waals surface area contributed by atoms with Crippen LogP contribution in [0.25, 0.3) is 16.6 Å². The molecule has 0 saturated heterocycles. The summed E-state index contributed by atoms with van der Waals surface area (Å²) in [6.45, 7) is 3.77. The normalized spacial score (nSPS) is 12.8. The summed E-state index contributed by atoms with van der Waals surface area (Å²) >= 11 is 1.43. The largest absolute Gasteiger partial charge is 0.497 e. The van der Waals surface area contributed by atoms with Crippen molar-refractivity contribution in [2.75, 3.05) is 7.11 Å². The Hall–Kier alpha value is -4.24. The van der Waals surface area contributed by atoms with Crippen molar-refractivity contribution in [1.29, 1.82) is 0 Å². The van der Waals surface area contributed by atoms with Gasteiger partial charge in [0.25, 0.3) is 5.91 Å². The van der Waals surface area contributed by atoms with E-state index >= 15 is 0 Å². The molecule has 0 saturated carbocycles. The highest BCUT2D eigenvalue weighted by molar-refractivity contribution is 7.09. The molecule has 1 amide bonds. The summed E-state index contributed by atoms with van der Waals surface area (Å²) < 4.78 is 27.0. The maximum absolute atomic E-state index is 13.4. The van der Waals surface area contributed by atoms with Crippen LogP contribution in [0.3, 0.4) is 0 Å². The molecule has 188 valence electrons. The minimum atomic E-state index is -0.511. The number of rotatable bonds is 8. The zero-order valence-electron chi connectivity index (χ0n) is 20.5. The van der Waals surface area contributed by atoms with Crippen LogP contribution in [0.1, 0.15) is 34.0 Å². The molecule has 2 aromatic heterocycles. The number of hydrogen-bond donors (Lipinski definition) is 1. The Balaban J connectivity index is 1.45. The number of aryl methyl sites for hydroxylation is 1. The van der Waals surface area contributed by atoms with Crippen LogP contribution in [0.5, 0.6) is 11.5 Å². The maximum Gasteiger partial charge on any atom is 0.271 e. The fraction of sp³-hybridized carbons (Fsp3) is 0.179. The highest BCUT2D eigenvalue weighted by Gasteiger charge is 2.25. The summed E-state index contributed by atoms with van der Waals surface area (Å²) in [5.41, 5.74) is 4.54. The lowest BCUT2D eigenvalue weighted by Crippen LogP contribution is -2.39. The van der Waals surface area contributed by atoms with Gasteiger partial charge in [-0.05, 0) is 74.0 Å². The molecule has 5 aromatic rings. The number of thiazole rings is 1. The highest BCUT2D eigenvalue weighted by Crippen LogP contribution is 2.30. The van der Waals surface area contributed by atoms with Crippen molar-refractivity contribution in [2.45, 2.75) is 26.0 Å². The molecule has 0 spiro atoms. The molecule has 0 aliphatic rings. The van der Waals surface area contributed by atoms with Crippen molar-refractivity contribution in [2.24, 2.45) is 0 Å².